The highest BCUT2D eigenvalue weighted by atomic mass is 32.1. The van der Waals surface area contributed by atoms with Gasteiger partial charge in [-0.1, -0.05) is 24.3 Å². The first-order valence-electron chi connectivity index (χ1n) is 10.7. The van der Waals surface area contributed by atoms with Gasteiger partial charge in [-0.2, -0.15) is 5.10 Å². The lowest BCUT2D eigenvalue weighted by atomic mass is 10.1. The summed E-state index contributed by atoms with van der Waals surface area (Å²) in [5.74, 6) is -0.408. The molecule has 1 aliphatic heterocycles. The molecule has 164 valence electrons. The molecule has 0 bridgehead atoms. The number of hydrazone groups is 1. The van der Waals surface area contributed by atoms with Gasteiger partial charge in [-0.05, 0) is 53.4 Å². The molecule has 3 aromatic rings. The van der Waals surface area contributed by atoms with Gasteiger partial charge in [-0.3, -0.25) is 14.5 Å². The van der Waals surface area contributed by atoms with E-state index < -0.39 is 5.91 Å². The predicted octanol–water partition coefficient (Wildman–Crippen LogP) is 4.25. The van der Waals surface area contributed by atoms with Crippen LogP contribution >= 0.6 is 22.7 Å². The van der Waals surface area contributed by atoms with E-state index in [9.17, 15) is 9.59 Å². The van der Waals surface area contributed by atoms with Crippen molar-refractivity contribution in [3.05, 3.63) is 80.2 Å². The normalized spacial score (nSPS) is 18.2. The number of benzene rings is 1. The van der Waals surface area contributed by atoms with Crippen LogP contribution in [0.4, 0.5) is 0 Å². The van der Waals surface area contributed by atoms with Gasteiger partial charge in [0.05, 0.1) is 23.2 Å². The molecule has 0 saturated heterocycles. The van der Waals surface area contributed by atoms with Crippen molar-refractivity contribution in [2.45, 2.75) is 37.9 Å². The summed E-state index contributed by atoms with van der Waals surface area (Å²) in [6.45, 7) is 0.986. The number of thiophene rings is 2. The Kier molecular flexibility index (Phi) is 5.91. The van der Waals surface area contributed by atoms with E-state index in [2.05, 4.69) is 17.0 Å². The summed E-state index contributed by atoms with van der Waals surface area (Å²) in [7, 11) is 0. The standard InChI is InChI=1S/C24H24N4O2S2/c25-24(30)17-7-5-16(6-8-17)14-27(18-9-10-18)15-23(29)28-20(22-4-2-12-32-22)13-19(26-28)21-3-1-11-31-21/h1-8,11-12,18,20H,9-10,13-15H2,(H2,25,30). The van der Waals surface area contributed by atoms with Crippen molar-refractivity contribution in [1.29, 1.82) is 0 Å². The first-order valence-corrected chi connectivity index (χ1v) is 12.4. The molecule has 3 heterocycles. The number of carbonyl (C=O) groups is 2. The van der Waals surface area contributed by atoms with Gasteiger partial charge in [0.25, 0.3) is 5.91 Å². The molecule has 1 saturated carbocycles. The monoisotopic (exact) mass is 464 g/mol. The Bertz CT molecular complexity index is 1120. The fraction of sp³-hybridized carbons (Fsp3) is 0.292. The van der Waals surface area contributed by atoms with Crippen LogP contribution in [0.3, 0.4) is 0 Å². The van der Waals surface area contributed by atoms with Crippen molar-refractivity contribution in [2.24, 2.45) is 10.8 Å². The number of primary amides is 1. The van der Waals surface area contributed by atoms with Crippen molar-refractivity contribution in [2.75, 3.05) is 6.54 Å². The number of nitrogens with two attached hydrogens (primary N) is 1. The molecule has 1 atom stereocenters. The molecular formula is C24H24N4O2S2. The van der Waals surface area contributed by atoms with E-state index >= 15 is 0 Å². The molecule has 2 N–H and O–H groups in total. The van der Waals surface area contributed by atoms with Gasteiger partial charge in [-0.15, -0.1) is 22.7 Å². The van der Waals surface area contributed by atoms with E-state index in [0.29, 0.717) is 24.7 Å². The van der Waals surface area contributed by atoms with Crippen LogP contribution in [-0.4, -0.2) is 40.0 Å². The maximum Gasteiger partial charge on any atom is 0.257 e. The molecule has 0 spiro atoms. The number of rotatable bonds is 8. The van der Waals surface area contributed by atoms with Gasteiger partial charge in [0, 0.05) is 29.4 Å². The number of carbonyl (C=O) groups excluding carboxylic acids is 2. The summed E-state index contributed by atoms with van der Waals surface area (Å²) in [6, 6.07) is 15.9. The molecule has 8 heteroatoms. The molecular weight excluding hydrogens is 440 g/mol. The number of amides is 2. The molecule has 1 fully saturated rings. The first-order chi connectivity index (χ1) is 15.6. The second kappa shape index (κ2) is 8.97. The van der Waals surface area contributed by atoms with Crippen molar-refractivity contribution in [1.82, 2.24) is 9.91 Å². The lowest BCUT2D eigenvalue weighted by Crippen LogP contribution is -2.39. The first kappa shape index (κ1) is 21.1. The van der Waals surface area contributed by atoms with Crippen LogP contribution in [0.2, 0.25) is 0 Å². The third kappa shape index (κ3) is 4.53. The van der Waals surface area contributed by atoms with Gasteiger partial charge in [0.15, 0.2) is 0 Å². The van der Waals surface area contributed by atoms with Gasteiger partial charge in [0.1, 0.15) is 0 Å². The Balaban J connectivity index is 1.34. The minimum absolute atomic E-state index is 0.0237. The molecule has 0 radical (unpaired) electrons. The highest BCUT2D eigenvalue weighted by Crippen LogP contribution is 2.36. The van der Waals surface area contributed by atoms with E-state index in [0.717, 1.165) is 40.3 Å². The zero-order chi connectivity index (χ0) is 22.1. The SMILES string of the molecule is NC(=O)c1ccc(CN(CC(=O)N2N=C(c3cccs3)CC2c2cccs2)C2CC2)cc1. The summed E-state index contributed by atoms with van der Waals surface area (Å²) >= 11 is 3.33. The van der Waals surface area contributed by atoms with E-state index in [1.807, 2.05) is 35.0 Å². The van der Waals surface area contributed by atoms with Crippen LogP contribution in [-0.2, 0) is 11.3 Å². The largest absolute Gasteiger partial charge is 0.366 e. The van der Waals surface area contributed by atoms with Gasteiger partial charge < -0.3 is 5.73 Å². The summed E-state index contributed by atoms with van der Waals surface area (Å²) in [5, 5.41) is 10.6. The van der Waals surface area contributed by atoms with Crippen LogP contribution in [0.15, 0.2) is 64.4 Å². The third-order valence-corrected chi connectivity index (χ3v) is 7.76. The third-order valence-electron chi connectivity index (χ3n) is 5.87. The second-order valence-electron chi connectivity index (χ2n) is 8.19. The molecule has 1 unspecified atom stereocenters. The molecule has 2 amide bonds. The summed E-state index contributed by atoms with van der Waals surface area (Å²) in [4.78, 5) is 29.3. The lowest BCUT2D eigenvalue weighted by molar-refractivity contribution is -0.134. The zero-order valence-corrected chi connectivity index (χ0v) is 19.1. The predicted molar refractivity (Wildman–Crippen MR) is 128 cm³/mol. The second-order valence-corrected chi connectivity index (χ2v) is 10.1. The van der Waals surface area contributed by atoms with Crippen molar-refractivity contribution >= 4 is 40.2 Å². The Morgan fingerprint density at radius 3 is 2.44 bits per heavy atom. The minimum Gasteiger partial charge on any atom is -0.366 e. The number of nitrogens with zero attached hydrogens (tertiary/aromatic N) is 3. The Labute approximate surface area is 195 Å². The van der Waals surface area contributed by atoms with Gasteiger partial charge >= 0.3 is 0 Å². The van der Waals surface area contributed by atoms with Crippen LogP contribution in [0, 0.1) is 0 Å². The Morgan fingerprint density at radius 1 is 1.06 bits per heavy atom. The fourth-order valence-corrected chi connectivity index (χ4v) is 5.58. The molecule has 2 aromatic heterocycles. The maximum atomic E-state index is 13.5. The van der Waals surface area contributed by atoms with Crippen LogP contribution in [0.25, 0.3) is 0 Å². The van der Waals surface area contributed by atoms with E-state index in [1.165, 1.54) is 0 Å². The highest BCUT2D eigenvalue weighted by Gasteiger charge is 2.37. The summed E-state index contributed by atoms with van der Waals surface area (Å²) in [5.41, 5.74) is 7.88. The molecule has 2 aliphatic rings. The van der Waals surface area contributed by atoms with Gasteiger partial charge in [0.2, 0.25) is 5.91 Å². The Morgan fingerprint density at radius 2 is 1.81 bits per heavy atom. The average molecular weight is 465 g/mol. The molecule has 6 nitrogen and oxygen atoms in total. The van der Waals surface area contributed by atoms with Crippen LogP contribution < -0.4 is 5.73 Å². The molecule has 1 aliphatic carbocycles. The number of hydrogen-bond acceptors (Lipinski definition) is 6. The van der Waals surface area contributed by atoms with Crippen molar-refractivity contribution in [3.8, 4) is 0 Å². The van der Waals surface area contributed by atoms with E-state index in [4.69, 9.17) is 10.8 Å². The molecule has 1 aromatic carbocycles. The van der Waals surface area contributed by atoms with Crippen LogP contribution in [0.5, 0.6) is 0 Å². The molecule has 32 heavy (non-hydrogen) atoms. The number of hydrogen-bond donors (Lipinski definition) is 1. The zero-order valence-electron chi connectivity index (χ0n) is 17.5. The van der Waals surface area contributed by atoms with E-state index in [-0.39, 0.29) is 11.9 Å². The van der Waals surface area contributed by atoms with Crippen molar-refractivity contribution < 1.29 is 9.59 Å². The quantitative estimate of drug-likeness (QED) is 0.541. The topological polar surface area (TPSA) is 79.0 Å². The lowest BCUT2D eigenvalue weighted by Gasteiger charge is -2.26. The summed E-state index contributed by atoms with van der Waals surface area (Å²) < 4.78 is 0. The van der Waals surface area contributed by atoms with Crippen LogP contribution in [0.1, 0.15) is 51.0 Å². The summed E-state index contributed by atoms with van der Waals surface area (Å²) in [6.07, 6.45) is 2.94. The fourth-order valence-electron chi connectivity index (χ4n) is 4.04. The van der Waals surface area contributed by atoms with E-state index in [1.54, 1.807) is 39.8 Å². The maximum absolute atomic E-state index is 13.5. The highest BCUT2D eigenvalue weighted by molar-refractivity contribution is 7.12. The van der Waals surface area contributed by atoms with Crippen molar-refractivity contribution in [3.63, 3.8) is 0 Å². The smallest absolute Gasteiger partial charge is 0.257 e. The average Bonchev–Trinajstić information content (AvgIpc) is 3.19. The minimum atomic E-state index is -0.432. The van der Waals surface area contributed by atoms with Gasteiger partial charge in [-0.25, -0.2) is 5.01 Å². The Hall–Kier alpha value is -2.81. The molecule has 5 rings (SSSR count).